The van der Waals surface area contributed by atoms with Gasteiger partial charge in [0.05, 0.1) is 10.9 Å². The van der Waals surface area contributed by atoms with Gasteiger partial charge in [-0.25, -0.2) is 8.42 Å². The summed E-state index contributed by atoms with van der Waals surface area (Å²) >= 11 is 3.31. The van der Waals surface area contributed by atoms with Gasteiger partial charge in [-0.15, -0.1) is 0 Å². The maximum absolute atomic E-state index is 12.7. The van der Waals surface area contributed by atoms with E-state index in [9.17, 15) is 13.2 Å². The third kappa shape index (κ3) is 3.31. The molecule has 2 aliphatic heterocycles. The summed E-state index contributed by atoms with van der Waals surface area (Å²) in [7, 11) is -1.64. The monoisotopic (exact) mass is 401 g/mol. The second-order valence-corrected chi connectivity index (χ2v) is 8.81. The van der Waals surface area contributed by atoms with E-state index in [-0.39, 0.29) is 11.9 Å². The zero-order valence-electron chi connectivity index (χ0n) is 13.0. The Hall–Kier alpha value is -0.960. The van der Waals surface area contributed by atoms with Crippen molar-refractivity contribution in [2.24, 2.45) is 0 Å². The highest BCUT2D eigenvalue weighted by Crippen LogP contribution is 2.22. The van der Waals surface area contributed by atoms with E-state index >= 15 is 0 Å². The lowest BCUT2D eigenvalue weighted by atomic mass is 10.2. The Labute approximate surface area is 145 Å². The van der Waals surface area contributed by atoms with Crippen LogP contribution in [0.3, 0.4) is 0 Å². The van der Waals surface area contributed by atoms with Gasteiger partial charge in [0, 0.05) is 44.2 Å². The van der Waals surface area contributed by atoms with Crippen molar-refractivity contribution in [1.29, 1.82) is 0 Å². The Morgan fingerprint density at radius 1 is 1.04 bits per heavy atom. The molecule has 0 N–H and O–H groups in total. The molecule has 0 aliphatic carbocycles. The molecule has 2 fully saturated rings. The molecule has 0 aromatic heterocycles. The summed E-state index contributed by atoms with van der Waals surface area (Å²) in [6.07, 6.45) is 0.828. The maximum atomic E-state index is 12.7. The van der Waals surface area contributed by atoms with Crippen molar-refractivity contribution in [3.05, 3.63) is 28.7 Å². The van der Waals surface area contributed by atoms with Crippen LogP contribution in [0.4, 0.5) is 0 Å². The third-order valence-corrected chi connectivity index (χ3v) is 7.01. The smallest absolute Gasteiger partial charge is 0.243 e. The number of hydrogen-bond acceptors (Lipinski definition) is 4. The summed E-state index contributed by atoms with van der Waals surface area (Å²) in [6.45, 7) is 2.82. The lowest BCUT2D eigenvalue weighted by Gasteiger charge is -2.36. The number of likely N-dealkylation sites (tertiary alicyclic amines) is 1. The first kappa shape index (κ1) is 16.9. The van der Waals surface area contributed by atoms with Gasteiger partial charge in [0.25, 0.3) is 0 Å². The number of carbonyl (C=O) groups is 1. The summed E-state index contributed by atoms with van der Waals surface area (Å²) in [4.78, 5) is 16.3. The molecule has 1 amide bonds. The van der Waals surface area contributed by atoms with Crippen LogP contribution in [0.1, 0.15) is 6.42 Å². The molecule has 2 heterocycles. The fourth-order valence-corrected chi connectivity index (χ4v) is 4.84. The highest BCUT2D eigenvalue weighted by molar-refractivity contribution is 9.10. The van der Waals surface area contributed by atoms with E-state index in [0.717, 1.165) is 17.4 Å². The van der Waals surface area contributed by atoms with Gasteiger partial charge < -0.3 is 4.90 Å². The van der Waals surface area contributed by atoms with Crippen LogP contribution in [0, 0.1) is 0 Å². The van der Waals surface area contributed by atoms with Crippen molar-refractivity contribution in [2.75, 3.05) is 39.8 Å². The Morgan fingerprint density at radius 2 is 1.65 bits per heavy atom. The highest BCUT2D eigenvalue weighted by Gasteiger charge is 2.37. The lowest BCUT2D eigenvalue weighted by molar-refractivity contribution is -0.131. The molecule has 1 atom stereocenters. The summed E-state index contributed by atoms with van der Waals surface area (Å²) in [6, 6.07) is 6.60. The number of piperazine rings is 1. The Balaban J connectivity index is 1.67. The third-order valence-electron chi connectivity index (χ3n) is 4.56. The van der Waals surface area contributed by atoms with Crippen LogP contribution in [-0.4, -0.2) is 74.2 Å². The molecule has 3 rings (SSSR count). The predicted molar refractivity (Wildman–Crippen MR) is 90.5 cm³/mol. The summed E-state index contributed by atoms with van der Waals surface area (Å²) in [5.41, 5.74) is 0. The average Bonchev–Trinajstić information content (AvgIpc) is 2.87. The van der Waals surface area contributed by atoms with Crippen molar-refractivity contribution in [1.82, 2.24) is 14.1 Å². The predicted octanol–water partition coefficient (Wildman–Crippen LogP) is 0.986. The Kier molecular flexibility index (Phi) is 4.78. The zero-order chi connectivity index (χ0) is 16.6. The molecular weight excluding hydrogens is 382 g/mol. The molecule has 0 radical (unpaired) electrons. The molecule has 0 bridgehead atoms. The molecule has 2 saturated heterocycles. The molecule has 23 heavy (non-hydrogen) atoms. The highest BCUT2D eigenvalue weighted by atomic mass is 79.9. The number of benzene rings is 1. The summed E-state index contributed by atoms with van der Waals surface area (Å²) in [5.74, 6) is 0.147. The topological polar surface area (TPSA) is 60.9 Å². The van der Waals surface area contributed by atoms with Crippen molar-refractivity contribution >= 4 is 31.9 Å². The van der Waals surface area contributed by atoms with Crippen molar-refractivity contribution in [2.45, 2.75) is 17.4 Å². The zero-order valence-corrected chi connectivity index (χ0v) is 15.4. The SMILES string of the molecule is CN1CCC(N2CCN(S(=O)(=O)c3ccc(Br)cc3)CC2)C1=O. The van der Waals surface area contributed by atoms with Gasteiger partial charge >= 0.3 is 0 Å². The number of carbonyl (C=O) groups excluding carboxylic acids is 1. The normalized spacial score (nSPS) is 24.3. The average molecular weight is 402 g/mol. The van der Waals surface area contributed by atoms with Crippen LogP contribution in [-0.2, 0) is 14.8 Å². The first-order chi connectivity index (χ1) is 10.9. The van der Waals surface area contributed by atoms with Gasteiger partial charge in [0.1, 0.15) is 0 Å². The van der Waals surface area contributed by atoms with Crippen molar-refractivity contribution in [3.63, 3.8) is 0 Å². The first-order valence-electron chi connectivity index (χ1n) is 7.64. The maximum Gasteiger partial charge on any atom is 0.243 e. The van der Waals surface area contributed by atoms with E-state index in [1.807, 2.05) is 7.05 Å². The van der Waals surface area contributed by atoms with Crippen LogP contribution in [0.2, 0.25) is 0 Å². The Bertz CT molecular complexity index is 684. The van der Waals surface area contributed by atoms with Gasteiger partial charge in [-0.3, -0.25) is 9.69 Å². The fraction of sp³-hybridized carbons (Fsp3) is 0.533. The molecule has 1 aromatic carbocycles. The fourth-order valence-electron chi connectivity index (χ4n) is 3.15. The molecule has 1 aromatic rings. The van der Waals surface area contributed by atoms with E-state index in [1.54, 1.807) is 29.2 Å². The van der Waals surface area contributed by atoms with E-state index in [2.05, 4.69) is 20.8 Å². The minimum absolute atomic E-state index is 0.0856. The summed E-state index contributed by atoms with van der Waals surface area (Å²) < 4.78 is 27.7. The number of amides is 1. The van der Waals surface area contributed by atoms with E-state index < -0.39 is 10.0 Å². The van der Waals surface area contributed by atoms with Crippen molar-refractivity contribution in [3.8, 4) is 0 Å². The molecule has 126 valence electrons. The van der Waals surface area contributed by atoms with Gasteiger partial charge in [0.2, 0.25) is 15.9 Å². The number of rotatable bonds is 3. The number of hydrogen-bond donors (Lipinski definition) is 0. The standard InChI is InChI=1S/C15H20BrN3O3S/c1-17-7-6-14(15(17)20)18-8-10-19(11-9-18)23(21,22)13-4-2-12(16)3-5-13/h2-5,14H,6-11H2,1H3. The quantitative estimate of drug-likeness (QED) is 0.757. The van der Waals surface area contributed by atoms with Crippen LogP contribution in [0.25, 0.3) is 0 Å². The number of sulfonamides is 1. The molecule has 6 nitrogen and oxygen atoms in total. The Morgan fingerprint density at radius 3 is 2.17 bits per heavy atom. The minimum atomic E-state index is -3.46. The van der Waals surface area contributed by atoms with Gasteiger partial charge in [0.15, 0.2) is 0 Å². The molecule has 0 saturated carbocycles. The number of halogens is 1. The molecular formula is C15H20BrN3O3S. The second kappa shape index (κ2) is 6.51. The van der Waals surface area contributed by atoms with Crippen LogP contribution in [0.15, 0.2) is 33.6 Å². The second-order valence-electron chi connectivity index (χ2n) is 5.96. The van der Waals surface area contributed by atoms with Crippen LogP contribution in [0.5, 0.6) is 0 Å². The van der Waals surface area contributed by atoms with E-state index in [0.29, 0.717) is 31.1 Å². The van der Waals surface area contributed by atoms with Gasteiger partial charge in [-0.05, 0) is 30.7 Å². The largest absolute Gasteiger partial charge is 0.344 e. The first-order valence-corrected chi connectivity index (χ1v) is 9.87. The van der Waals surface area contributed by atoms with Gasteiger partial charge in [-0.2, -0.15) is 4.31 Å². The van der Waals surface area contributed by atoms with Gasteiger partial charge in [-0.1, -0.05) is 15.9 Å². The van der Waals surface area contributed by atoms with E-state index in [4.69, 9.17) is 0 Å². The van der Waals surface area contributed by atoms with Crippen LogP contribution < -0.4 is 0 Å². The molecule has 8 heteroatoms. The number of likely N-dealkylation sites (N-methyl/N-ethyl adjacent to an activating group) is 1. The lowest BCUT2D eigenvalue weighted by Crippen LogP contribution is -2.53. The summed E-state index contributed by atoms with van der Waals surface area (Å²) in [5, 5.41) is 0. The molecule has 1 unspecified atom stereocenters. The molecule has 0 spiro atoms. The molecule has 2 aliphatic rings. The number of nitrogens with zero attached hydrogens (tertiary/aromatic N) is 3. The van der Waals surface area contributed by atoms with E-state index in [1.165, 1.54) is 4.31 Å². The minimum Gasteiger partial charge on any atom is -0.344 e. The van der Waals surface area contributed by atoms with Crippen molar-refractivity contribution < 1.29 is 13.2 Å². The van der Waals surface area contributed by atoms with Crippen LogP contribution >= 0.6 is 15.9 Å².